The first kappa shape index (κ1) is 41.4. The normalized spacial score (nSPS) is 15.3. The molecule has 0 aliphatic heterocycles. The van der Waals surface area contributed by atoms with Crippen LogP contribution in [0.15, 0.2) is 362 Å². The Morgan fingerprint density at radius 1 is 0.320 bits per heavy atom. The minimum atomic E-state index is -1.40. The van der Waals surface area contributed by atoms with Crippen molar-refractivity contribution in [3.63, 3.8) is 0 Å². The van der Waals surface area contributed by atoms with Crippen molar-refractivity contribution < 1.29 is 70.9 Å². The molecule has 0 heterocycles. The molecule has 0 saturated carbocycles. The van der Waals surface area contributed by atoms with Crippen LogP contribution in [0.3, 0.4) is 0 Å². The molecule has 18 rings (SSSR count). The number of benzene rings is 18. The number of fused-ring (bicyclic) bond motifs is 11. The fourth-order valence-corrected chi connectivity index (χ4v) is 11.7. The molecule has 0 amide bonds. The molecule has 0 aromatic heterocycles. The van der Waals surface area contributed by atoms with Crippen LogP contribution in [0.2, 0.25) is 0 Å². The van der Waals surface area contributed by atoms with Crippen molar-refractivity contribution in [3.8, 4) is 22.3 Å². The van der Waals surface area contributed by atoms with Gasteiger partial charge in [-0.3, -0.25) is 8.78 Å². The van der Waals surface area contributed by atoms with Crippen LogP contribution in [0.4, 0.5) is 8.78 Å². The average molecular weight is 1550 g/mol. The first-order valence-corrected chi connectivity index (χ1v) is 31.5. The zero-order valence-corrected chi connectivity index (χ0v) is 56.9. The van der Waals surface area contributed by atoms with Gasteiger partial charge in [-0.05, 0) is 202 Å². The van der Waals surface area contributed by atoms with E-state index in [0.29, 0.717) is 22.2 Å². The molecule has 4 nitrogen and oxygen atoms in total. The van der Waals surface area contributed by atoms with Crippen LogP contribution in [0.25, 0.3) is 141 Å². The van der Waals surface area contributed by atoms with Gasteiger partial charge < -0.3 is 10.0 Å². The molecule has 18 aromatic rings. The zero-order valence-electron chi connectivity index (χ0n) is 90.0. The first-order valence-electron chi connectivity index (χ1n) is 48.5. The molecule has 0 atom stereocenters. The van der Waals surface area contributed by atoms with Gasteiger partial charge in [0, 0.05) is 8.95 Å². The third kappa shape index (κ3) is 18.5. The predicted molar refractivity (Wildman–Crippen MR) is 463 cm³/mol. The fourth-order valence-electron chi connectivity index (χ4n) is 10.6. The van der Waals surface area contributed by atoms with E-state index in [4.69, 9.17) is 62.1 Å². The summed E-state index contributed by atoms with van der Waals surface area (Å²) in [5.41, 5.74) is 2.38. The van der Waals surface area contributed by atoms with Gasteiger partial charge in [-0.1, -0.05) is 336 Å². The Bertz CT molecular complexity index is 7220. The van der Waals surface area contributed by atoms with Gasteiger partial charge in [0.15, 0.2) is 0 Å². The van der Waals surface area contributed by atoms with E-state index in [1.54, 1.807) is 18.2 Å². The second-order valence-corrected chi connectivity index (χ2v) is 22.2. The van der Waals surface area contributed by atoms with E-state index in [9.17, 15) is 8.78 Å². The average Bonchev–Trinajstić information content (AvgIpc) is 0.715. The van der Waals surface area contributed by atoms with Crippen molar-refractivity contribution in [1.82, 2.24) is 0 Å². The number of hydrogen-bond acceptors (Lipinski definition) is 6. The molecule has 2 radical (unpaired) electrons. The Hall–Kier alpha value is -9.95. The van der Waals surface area contributed by atoms with Crippen LogP contribution in [0.5, 0.6) is 0 Å². The molecule has 0 saturated heterocycles. The quantitative estimate of drug-likeness (QED) is 0.0809. The van der Waals surface area contributed by atoms with Crippen LogP contribution < -0.4 is 5.46 Å². The molecule has 18 aromatic carbocycles. The summed E-state index contributed by atoms with van der Waals surface area (Å²) in [6.45, 7) is 0. The Labute approximate surface area is 685 Å². The Balaban J connectivity index is 0.000000213. The fraction of sp³-hybridized carbons (Fsp3) is 0.0444. The van der Waals surface area contributed by atoms with Crippen molar-refractivity contribution in [2.75, 3.05) is 14.3 Å². The van der Waals surface area contributed by atoms with Gasteiger partial charge in [-0.15, -0.1) is 0 Å². The Morgan fingerprint density at radius 2 is 0.553 bits per heavy atom. The summed E-state index contributed by atoms with van der Waals surface area (Å²) in [5, 5.41) is 23.2. The molecule has 0 fully saturated rings. The van der Waals surface area contributed by atoms with Crippen LogP contribution in [-0.4, -0.2) is 46.8 Å². The maximum atomic E-state index is 9.96. The number of alkyl halides is 2. The molecular weight excluding hydrogens is 1440 g/mol. The van der Waals surface area contributed by atoms with Gasteiger partial charge in [0.25, 0.3) is 0 Å². The summed E-state index contributed by atoms with van der Waals surface area (Å²) < 4.78 is 331. The van der Waals surface area contributed by atoms with Crippen molar-refractivity contribution in [2.45, 2.75) is 14.9 Å². The van der Waals surface area contributed by atoms with Crippen LogP contribution in [0, 0.1) is 0 Å². The predicted octanol–water partition coefficient (Wildman–Crippen LogP) is 26.5. The number of halogens is 4. The summed E-state index contributed by atoms with van der Waals surface area (Å²) >= 11 is 13.0. The van der Waals surface area contributed by atoms with Crippen LogP contribution >= 0.6 is 57.5 Å². The van der Waals surface area contributed by atoms with Gasteiger partial charge in [0.05, 0.1) is 66.4 Å². The van der Waals surface area contributed by atoms with E-state index < -0.39 is 179 Å². The first-order chi connectivity index (χ1) is 65.5. The summed E-state index contributed by atoms with van der Waals surface area (Å²) in [6, 6.07) is 23.8. The molecule has 0 unspecified atom stereocenters. The van der Waals surface area contributed by atoms with Crippen molar-refractivity contribution in [2.24, 2.45) is 8.60 Å². The summed E-state index contributed by atoms with van der Waals surface area (Å²) in [4.78, 5) is 0. The van der Waals surface area contributed by atoms with E-state index in [2.05, 4.69) is 81.4 Å². The van der Waals surface area contributed by atoms with Gasteiger partial charge in [0.2, 0.25) is 0 Å². The second kappa shape index (κ2) is 39.5. The minimum absolute atomic E-state index is 0. The van der Waals surface area contributed by atoms with Crippen LogP contribution in [0.1, 0.15) is 66.9 Å². The van der Waals surface area contributed by atoms with Gasteiger partial charge in [0.1, 0.15) is 0 Å². The van der Waals surface area contributed by atoms with Crippen molar-refractivity contribution >= 4 is 204 Å². The third-order valence-corrected chi connectivity index (χ3v) is 16.2. The molecule has 2 N–H and O–H groups in total. The number of rotatable bonds is 3. The molecule has 13 heteroatoms. The Morgan fingerprint density at radius 3 is 0.913 bits per heavy atom. The van der Waals surface area contributed by atoms with Crippen LogP contribution in [-0.2, 0) is 0 Å². The zero-order chi connectivity index (χ0) is 104. The second-order valence-electron chi connectivity index (χ2n) is 20.1. The third-order valence-electron chi connectivity index (χ3n) is 14.6. The van der Waals surface area contributed by atoms with E-state index >= 15 is 0 Å². The van der Waals surface area contributed by atoms with Gasteiger partial charge in [-0.2, -0.15) is 0 Å². The van der Waals surface area contributed by atoms with Crippen molar-refractivity contribution in [1.29, 1.82) is 0 Å². The van der Waals surface area contributed by atoms with Gasteiger partial charge in [-0.25, -0.2) is 0 Å². The van der Waals surface area contributed by atoms with Crippen molar-refractivity contribution in [3.05, 3.63) is 354 Å². The van der Waals surface area contributed by atoms with E-state index in [0.717, 1.165) is 32.3 Å². The summed E-state index contributed by atoms with van der Waals surface area (Å²) in [7, 11) is 5.28. The maximum absolute atomic E-state index is 9.96. The molecule has 0 bridgehead atoms. The molecule has 506 valence electrons. The standard InChI is InChI=1S/C24H15Br.C24H16.C14H9Br.C14H10.C10H9BO2.2CH3F.2CH4.2BHNS/c25-24-21-13-5-3-11-19(21)23(20-12-4-6-14-22(20)24)18-15-7-9-16-8-1-2-10-17(16)18;1-4-12-20-17(8-1)11-7-15-23(20)24-21-13-5-2-9-18(21)16-19-10-3-6-14-22(19)24;15-14-12-7-3-1-5-10(12)9-11-6-2-4-8-13(11)14;1-2-6-12-10-14-8-4-3-7-13(14)9-11(12)5-1;12-11(13)10-7-3-5-8-4-1-2-6-9(8)10;2*1-2;;;2*1-2-3/h1-15H;1-16H;1-9H;1-10H;1-7,12-13H;2*1H3;2*1H4;2*3H/i3D,4D,5D,6D,11D,12D,13D,14D;2D,3D,5D,6D,9D,10D,13D,14D,16D;1D,2D,3D,4D,5D,6D,7D,8D,9D;1D,2D,3D,4D,5D,6D,7D,8D,9D,10D;;2*1D;;;;. The topological polar surface area (TPSA) is 65.2 Å². The molecule has 103 heavy (non-hydrogen) atoms. The number of thiol groups is 2. The molecule has 0 spiro atoms. The Kier molecular flexibility index (Phi) is 15.9. The van der Waals surface area contributed by atoms with E-state index in [-0.39, 0.29) is 176 Å². The monoisotopic (exact) mass is 1550 g/mol. The van der Waals surface area contributed by atoms with E-state index in [1.165, 1.54) is 0 Å². The molecule has 0 aliphatic carbocycles. The number of hydrogen-bond donors (Lipinski definition) is 4. The van der Waals surface area contributed by atoms with E-state index in [1.807, 2.05) is 109 Å². The SMILES string of the molecule is C.C.OB(O)c1cccc2ccccc12.[2H]CF.[2H]CF.[2H]c1c([2H])c([2H])c2c(-c3cccc4ccccc34)c3c([2H])c([2H])c([2H])c([2H])c3c(Br)c2c1[2H].[2H]c1c([2H])c([2H])c2c(-c3cccc4ccccc34)c3c([2H])c([2H])c([2H])c([2H])c3c([2H])c2c1[2H].[2H]c1c([2H])c([2H])c2c(Br)c3c([2H])c([2H])c([2H])c([2H])c3c([2H])c2c1[2H].[2H]c1c([2H])c([2H])c2c([2H])c3c([2H])c([2H])c([2H])c([2H])c3c([2H])c2c1[2H].[B]=NS.[B]=NS. The molecular formula is C90H75B3Br2F2N2O2S2. The van der Waals surface area contributed by atoms with Gasteiger partial charge >= 0.3 is 56.6 Å². The summed E-state index contributed by atoms with van der Waals surface area (Å²) in [6.07, 6.45) is 0. The summed E-state index contributed by atoms with van der Waals surface area (Å²) in [5.74, 6) is 0. The number of nitrogens with zero attached hydrogens (tertiary/aromatic N) is 2. The molecule has 0 aliphatic rings.